The van der Waals surface area contributed by atoms with Crippen molar-refractivity contribution in [3.05, 3.63) is 36.1 Å². The summed E-state index contributed by atoms with van der Waals surface area (Å²) in [6, 6.07) is 9.48. The quantitative estimate of drug-likeness (QED) is 0.699. The molecule has 3 N–H and O–H groups in total. The molecule has 1 heterocycles. The average molecular weight is 360 g/mol. The monoisotopic (exact) mass is 360 g/mol. The van der Waals surface area contributed by atoms with E-state index in [2.05, 4.69) is 10.6 Å². The molecule has 0 bridgehead atoms. The summed E-state index contributed by atoms with van der Waals surface area (Å²) in [5, 5.41) is 6.91. The van der Waals surface area contributed by atoms with E-state index in [1.54, 1.807) is 0 Å². The standard InChI is InChI=1S/C20H29N3O3/c1-6-23(13-19(25)22-20(3,4)5)12-18(24)21-14(2)17-11-15-9-7-8-10-16(15)26-17/h7-11,14H,6,12-13H2,1-5H3,(H,21,24)(H,22,25)/p+1/t14-/m1/s1. The number of hydrogen-bond donors (Lipinski definition) is 3. The zero-order chi connectivity index (χ0) is 19.3. The van der Waals surface area contributed by atoms with Gasteiger partial charge in [0.05, 0.1) is 12.6 Å². The van der Waals surface area contributed by atoms with E-state index in [1.165, 1.54) is 0 Å². The lowest BCUT2D eigenvalue weighted by Gasteiger charge is -2.23. The topological polar surface area (TPSA) is 75.8 Å². The van der Waals surface area contributed by atoms with Crippen LogP contribution in [0.4, 0.5) is 0 Å². The predicted octanol–water partition coefficient (Wildman–Crippen LogP) is 1.43. The molecule has 26 heavy (non-hydrogen) atoms. The van der Waals surface area contributed by atoms with Gasteiger partial charge in [-0.2, -0.15) is 0 Å². The number of likely N-dealkylation sites (N-methyl/N-ethyl adjacent to an activating group) is 1. The first-order chi connectivity index (χ1) is 12.2. The lowest BCUT2D eigenvalue weighted by Crippen LogP contribution is -3.14. The normalized spacial score (nSPS) is 14.0. The Kier molecular flexibility index (Phi) is 6.42. The molecule has 0 saturated heterocycles. The Morgan fingerprint density at radius 3 is 2.42 bits per heavy atom. The first-order valence-electron chi connectivity index (χ1n) is 9.10. The molecule has 142 valence electrons. The van der Waals surface area contributed by atoms with Crippen LogP contribution in [0.3, 0.4) is 0 Å². The molecule has 1 aromatic heterocycles. The van der Waals surface area contributed by atoms with Crippen molar-refractivity contribution in [1.82, 2.24) is 10.6 Å². The number of carbonyl (C=O) groups excluding carboxylic acids is 2. The number of quaternary nitrogens is 1. The Morgan fingerprint density at radius 1 is 1.15 bits per heavy atom. The van der Waals surface area contributed by atoms with Gasteiger partial charge in [0.1, 0.15) is 11.3 Å². The summed E-state index contributed by atoms with van der Waals surface area (Å²) in [5.74, 6) is 0.578. The molecule has 0 aliphatic carbocycles. The maximum atomic E-state index is 12.4. The van der Waals surface area contributed by atoms with Crippen LogP contribution in [-0.4, -0.2) is 37.0 Å². The second-order valence-corrected chi connectivity index (χ2v) is 7.73. The SMILES string of the molecule is CC[NH+](CC(=O)N[C@H](C)c1cc2ccccc2o1)CC(=O)NC(C)(C)C. The third-order valence-electron chi connectivity index (χ3n) is 4.08. The number of hydrogen-bond acceptors (Lipinski definition) is 3. The Balaban J connectivity index is 1.90. The van der Waals surface area contributed by atoms with Crippen LogP contribution < -0.4 is 15.5 Å². The number of carbonyl (C=O) groups is 2. The van der Waals surface area contributed by atoms with Crippen molar-refractivity contribution in [1.29, 1.82) is 0 Å². The first-order valence-corrected chi connectivity index (χ1v) is 9.10. The molecule has 2 aromatic rings. The van der Waals surface area contributed by atoms with Gasteiger partial charge in [-0.15, -0.1) is 0 Å². The Morgan fingerprint density at radius 2 is 1.81 bits per heavy atom. The smallest absolute Gasteiger partial charge is 0.275 e. The zero-order valence-electron chi connectivity index (χ0n) is 16.3. The molecular formula is C20H30N3O3+. The number of furan rings is 1. The van der Waals surface area contributed by atoms with Gasteiger partial charge in [-0.3, -0.25) is 9.59 Å². The van der Waals surface area contributed by atoms with Gasteiger partial charge in [-0.1, -0.05) is 18.2 Å². The van der Waals surface area contributed by atoms with E-state index in [1.807, 2.05) is 65.0 Å². The molecule has 0 fully saturated rings. The van der Waals surface area contributed by atoms with Gasteiger partial charge in [-0.05, 0) is 46.8 Å². The molecule has 0 saturated carbocycles. The van der Waals surface area contributed by atoms with Gasteiger partial charge in [0.25, 0.3) is 11.8 Å². The number of benzene rings is 1. The van der Waals surface area contributed by atoms with Gasteiger partial charge in [0, 0.05) is 10.9 Å². The summed E-state index contributed by atoms with van der Waals surface area (Å²) >= 11 is 0. The van der Waals surface area contributed by atoms with Gasteiger partial charge in [0.2, 0.25) is 0 Å². The maximum absolute atomic E-state index is 12.4. The van der Waals surface area contributed by atoms with Gasteiger partial charge in [0.15, 0.2) is 13.1 Å². The van der Waals surface area contributed by atoms with Crippen molar-refractivity contribution in [3.63, 3.8) is 0 Å². The molecule has 0 aliphatic rings. The van der Waals surface area contributed by atoms with Crippen LogP contribution in [0.15, 0.2) is 34.7 Å². The fraction of sp³-hybridized carbons (Fsp3) is 0.500. The lowest BCUT2D eigenvalue weighted by molar-refractivity contribution is -0.881. The molecule has 2 amide bonds. The fourth-order valence-electron chi connectivity index (χ4n) is 2.81. The minimum absolute atomic E-state index is 0.0486. The molecule has 1 aromatic carbocycles. The van der Waals surface area contributed by atoms with E-state index < -0.39 is 0 Å². The molecule has 2 rings (SSSR count). The number of rotatable bonds is 7. The van der Waals surface area contributed by atoms with Gasteiger partial charge in [-0.25, -0.2) is 0 Å². The van der Waals surface area contributed by atoms with Crippen LogP contribution in [0.25, 0.3) is 11.0 Å². The maximum Gasteiger partial charge on any atom is 0.275 e. The van der Waals surface area contributed by atoms with Crippen molar-refractivity contribution in [3.8, 4) is 0 Å². The van der Waals surface area contributed by atoms with Crippen molar-refractivity contribution >= 4 is 22.8 Å². The molecular weight excluding hydrogens is 330 g/mol. The second-order valence-electron chi connectivity index (χ2n) is 7.73. The molecule has 2 atom stereocenters. The molecule has 6 heteroatoms. The molecule has 0 aliphatic heterocycles. The van der Waals surface area contributed by atoms with E-state index in [-0.39, 0.29) is 36.5 Å². The predicted molar refractivity (Wildman–Crippen MR) is 102 cm³/mol. The lowest BCUT2D eigenvalue weighted by atomic mass is 10.1. The van der Waals surface area contributed by atoms with E-state index in [0.717, 1.165) is 21.6 Å². The van der Waals surface area contributed by atoms with E-state index in [0.29, 0.717) is 6.54 Å². The third kappa shape index (κ3) is 5.88. The highest BCUT2D eigenvalue weighted by Gasteiger charge is 2.22. The van der Waals surface area contributed by atoms with Crippen LogP contribution >= 0.6 is 0 Å². The first kappa shape index (κ1) is 20.0. The summed E-state index contributed by atoms with van der Waals surface area (Å²) in [6.45, 7) is 10.9. The summed E-state index contributed by atoms with van der Waals surface area (Å²) in [7, 11) is 0. The van der Waals surface area contributed by atoms with Crippen molar-refractivity contribution < 1.29 is 18.9 Å². The van der Waals surface area contributed by atoms with Crippen LogP contribution in [0.5, 0.6) is 0 Å². The third-order valence-corrected chi connectivity index (χ3v) is 4.08. The van der Waals surface area contributed by atoms with Gasteiger partial charge < -0.3 is 20.0 Å². The van der Waals surface area contributed by atoms with Gasteiger partial charge >= 0.3 is 0 Å². The van der Waals surface area contributed by atoms with Crippen LogP contribution in [-0.2, 0) is 9.59 Å². The minimum atomic E-state index is -0.270. The van der Waals surface area contributed by atoms with E-state index in [4.69, 9.17) is 4.42 Å². The average Bonchev–Trinajstić information content (AvgIpc) is 2.96. The number of nitrogens with one attached hydrogen (secondary N) is 3. The highest BCUT2D eigenvalue weighted by atomic mass is 16.3. The van der Waals surface area contributed by atoms with E-state index >= 15 is 0 Å². The summed E-state index contributed by atoms with van der Waals surface area (Å²) in [5.41, 5.74) is 0.539. The zero-order valence-corrected chi connectivity index (χ0v) is 16.3. The van der Waals surface area contributed by atoms with E-state index in [9.17, 15) is 9.59 Å². The Labute approximate surface area is 154 Å². The molecule has 1 unspecified atom stereocenters. The van der Waals surface area contributed by atoms with Crippen LogP contribution in [0.2, 0.25) is 0 Å². The fourth-order valence-corrected chi connectivity index (χ4v) is 2.81. The highest BCUT2D eigenvalue weighted by molar-refractivity contribution is 5.80. The summed E-state index contributed by atoms with van der Waals surface area (Å²) in [6.07, 6.45) is 0. The largest absolute Gasteiger partial charge is 0.459 e. The van der Waals surface area contributed by atoms with Crippen molar-refractivity contribution in [2.24, 2.45) is 0 Å². The van der Waals surface area contributed by atoms with Crippen molar-refractivity contribution in [2.75, 3.05) is 19.6 Å². The Bertz CT molecular complexity index is 728. The molecule has 0 spiro atoms. The molecule has 0 radical (unpaired) electrons. The highest BCUT2D eigenvalue weighted by Crippen LogP contribution is 2.23. The Hall–Kier alpha value is -2.34. The number of para-hydroxylation sites is 1. The summed E-state index contributed by atoms with van der Waals surface area (Å²) in [4.78, 5) is 25.4. The van der Waals surface area contributed by atoms with Crippen LogP contribution in [0, 0.1) is 0 Å². The second kappa shape index (κ2) is 8.36. The minimum Gasteiger partial charge on any atom is -0.459 e. The van der Waals surface area contributed by atoms with Crippen molar-refractivity contribution in [2.45, 2.75) is 46.2 Å². The summed E-state index contributed by atoms with van der Waals surface area (Å²) < 4.78 is 5.80. The molecule has 6 nitrogen and oxygen atoms in total. The van der Waals surface area contributed by atoms with Crippen LogP contribution in [0.1, 0.15) is 46.4 Å². The number of amides is 2. The number of fused-ring (bicyclic) bond motifs is 1.